The number of aromatic nitrogens is 2. The maximum atomic E-state index is 12.4. The normalized spacial score (nSPS) is 11.0. The first-order valence-electron chi connectivity index (χ1n) is 7.78. The fraction of sp³-hybridized carbons (Fsp3) is 0.529. The Bertz CT molecular complexity index is 584. The average Bonchev–Trinajstić information content (AvgIpc) is 3.09. The molecule has 114 valence electrons. The number of carbonyl (C=O) groups is 1. The van der Waals surface area contributed by atoms with Gasteiger partial charge in [0, 0.05) is 5.69 Å². The van der Waals surface area contributed by atoms with Gasteiger partial charge in [0.05, 0.1) is 10.6 Å². The van der Waals surface area contributed by atoms with E-state index in [0.717, 1.165) is 22.7 Å². The first kappa shape index (κ1) is 16.0. The summed E-state index contributed by atoms with van der Waals surface area (Å²) >= 11 is 1.47. The maximum Gasteiger partial charge on any atom is 0.288 e. The van der Waals surface area contributed by atoms with Crippen LogP contribution in [0.3, 0.4) is 0 Å². The van der Waals surface area contributed by atoms with Crippen molar-refractivity contribution in [2.45, 2.75) is 59.3 Å². The Morgan fingerprint density at radius 2 is 2.00 bits per heavy atom. The lowest BCUT2D eigenvalue weighted by molar-refractivity contribution is 0.0946. The molecule has 2 aromatic heterocycles. The Balaban J connectivity index is 2.05. The fourth-order valence-electron chi connectivity index (χ4n) is 2.64. The van der Waals surface area contributed by atoms with Gasteiger partial charge in [0.2, 0.25) is 0 Å². The largest absolute Gasteiger partial charge is 0.288 e. The highest BCUT2D eigenvalue weighted by molar-refractivity contribution is 7.12. The molecule has 0 aliphatic rings. The van der Waals surface area contributed by atoms with Gasteiger partial charge in [0.15, 0.2) is 0 Å². The monoisotopic (exact) mass is 304 g/mol. The summed E-state index contributed by atoms with van der Waals surface area (Å²) < 4.78 is 1.57. The summed E-state index contributed by atoms with van der Waals surface area (Å²) in [6, 6.07) is 3.76. The van der Waals surface area contributed by atoms with E-state index in [1.54, 1.807) is 4.68 Å². The molecule has 0 aromatic carbocycles. The lowest BCUT2D eigenvalue weighted by Crippen LogP contribution is -2.14. The molecule has 0 fully saturated rings. The van der Waals surface area contributed by atoms with Crippen molar-refractivity contribution in [1.82, 2.24) is 9.78 Å². The predicted octanol–water partition coefficient (Wildman–Crippen LogP) is 4.76. The van der Waals surface area contributed by atoms with E-state index in [2.05, 4.69) is 12.0 Å². The van der Waals surface area contributed by atoms with E-state index in [4.69, 9.17) is 0 Å². The van der Waals surface area contributed by atoms with Gasteiger partial charge in [-0.25, -0.2) is 0 Å². The van der Waals surface area contributed by atoms with Crippen LogP contribution in [0.4, 0.5) is 0 Å². The van der Waals surface area contributed by atoms with Gasteiger partial charge in [0.1, 0.15) is 0 Å². The van der Waals surface area contributed by atoms with Gasteiger partial charge in [-0.05, 0) is 43.7 Å². The molecule has 0 amide bonds. The molecule has 2 rings (SSSR count). The van der Waals surface area contributed by atoms with Crippen molar-refractivity contribution >= 4 is 17.2 Å². The highest BCUT2D eigenvalue weighted by Gasteiger charge is 2.18. The standard InChI is InChI=1S/C17H24N2OS/c1-4-5-6-7-8-10-15-13(2)18-19(14(15)3)17(20)16-11-9-12-21-16/h9,11-12H,4-8,10H2,1-3H3. The van der Waals surface area contributed by atoms with E-state index in [-0.39, 0.29) is 5.91 Å². The topological polar surface area (TPSA) is 34.9 Å². The van der Waals surface area contributed by atoms with E-state index in [0.29, 0.717) is 0 Å². The summed E-state index contributed by atoms with van der Waals surface area (Å²) in [6.07, 6.45) is 7.35. The smallest absolute Gasteiger partial charge is 0.266 e. The maximum absolute atomic E-state index is 12.4. The summed E-state index contributed by atoms with van der Waals surface area (Å²) in [6.45, 7) is 6.24. The van der Waals surface area contributed by atoms with Crippen LogP contribution in [0.5, 0.6) is 0 Å². The van der Waals surface area contributed by atoms with Crippen LogP contribution in [0.25, 0.3) is 0 Å². The minimum absolute atomic E-state index is 0.0113. The van der Waals surface area contributed by atoms with Gasteiger partial charge in [-0.15, -0.1) is 11.3 Å². The molecule has 0 saturated heterocycles. The lowest BCUT2D eigenvalue weighted by atomic mass is 10.0. The van der Waals surface area contributed by atoms with Crippen LogP contribution in [-0.2, 0) is 6.42 Å². The minimum atomic E-state index is -0.0113. The Hall–Kier alpha value is -1.42. The van der Waals surface area contributed by atoms with Crippen molar-refractivity contribution in [3.05, 3.63) is 39.3 Å². The van der Waals surface area contributed by atoms with E-state index in [1.807, 2.05) is 31.4 Å². The van der Waals surface area contributed by atoms with Gasteiger partial charge in [-0.1, -0.05) is 38.7 Å². The summed E-state index contributed by atoms with van der Waals surface area (Å²) in [4.78, 5) is 13.2. The zero-order valence-electron chi connectivity index (χ0n) is 13.2. The highest BCUT2D eigenvalue weighted by atomic mass is 32.1. The van der Waals surface area contributed by atoms with Crippen molar-refractivity contribution in [2.24, 2.45) is 0 Å². The van der Waals surface area contributed by atoms with E-state index >= 15 is 0 Å². The average molecular weight is 304 g/mol. The zero-order chi connectivity index (χ0) is 15.2. The molecule has 3 nitrogen and oxygen atoms in total. The molecule has 0 unspecified atom stereocenters. The number of rotatable bonds is 7. The first-order valence-corrected chi connectivity index (χ1v) is 8.66. The molecular weight excluding hydrogens is 280 g/mol. The van der Waals surface area contributed by atoms with E-state index in [1.165, 1.54) is 49.0 Å². The van der Waals surface area contributed by atoms with Crippen LogP contribution in [0.2, 0.25) is 0 Å². The Kier molecular flexibility index (Phi) is 5.74. The molecule has 2 aromatic rings. The van der Waals surface area contributed by atoms with E-state index in [9.17, 15) is 4.79 Å². The van der Waals surface area contributed by atoms with Crippen molar-refractivity contribution in [3.63, 3.8) is 0 Å². The third kappa shape index (κ3) is 3.82. The molecule has 0 radical (unpaired) electrons. The number of hydrogen-bond donors (Lipinski definition) is 0. The third-order valence-electron chi connectivity index (χ3n) is 3.90. The zero-order valence-corrected chi connectivity index (χ0v) is 14.0. The van der Waals surface area contributed by atoms with Crippen LogP contribution in [-0.4, -0.2) is 15.7 Å². The second-order valence-corrected chi connectivity index (χ2v) is 6.46. The molecule has 0 aliphatic carbocycles. The Morgan fingerprint density at radius 3 is 2.67 bits per heavy atom. The van der Waals surface area contributed by atoms with Crippen LogP contribution in [0.15, 0.2) is 17.5 Å². The summed E-state index contributed by atoms with van der Waals surface area (Å²) in [5.41, 5.74) is 3.24. The molecule has 0 bridgehead atoms. The minimum Gasteiger partial charge on any atom is -0.266 e. The summed E-state index contributed by atoms with van der Waals surface area (Å²) in [7, 11) is 0. The fourth-order valence-corrected chi connectivity index (χ4v) is 3.29. The number of unbranched alkanes of at least 4 members (excludes halogenated alkanes) is 4. The number of nitrogens with zero attached hydrogens (tertiary/aromatic N) is 2. The van der Waals surface area contributed by atoms with Crippen LogP contribution in [0.1, 0.15) is 65.7 Å². The number of hydrogen-bond acceptors (Lipinski definition) is 3. The molecule has 21 heavy (non-hydrogen) atoms. The second kappa shape index (κ2) is 7.55. The molecule has 0 saturated carbocycles. The van der Waals surface area contributed by atoms with Crippen molar-refractivity contribution in [2.75, 3.05) is 0 Å². The van der Waals surface area contributed by atoms with Gasteiger partial charge < -0.3 is 0 Å². The Morgan fingerprint density at radius 1 is 1.24 bits per heavy atom. The quantitative estimate of drug-likeness (QED) is 0.691. The van der Waals surface area contributed by atoms with Gasteiger partial charge in [0.25, 0.3) is 5.91 Å². The number of thiophene rings is 1. The summed E-state index contributed by atoms with van der Waals surface area (Å²) in [5, 5.41) is 6.38. The van der Waals surface area contributed by atoms with Crippen molar-refractivity contribution in [1.29, 1.82) is 0 Å². The van der Waals surface area contributed by atoms with Crippen LogP contribution >= 0.6 is 11.3 Å². The molecule has 2 heterocycles. The first-order chi connectivity index (χ1) is 10.1. The van der Waals surface area contributed by atoms with Crippen LogP contribution in [0, 0.1) is 13.8 Å². The molecule has 4 heteroatoms. The van der Waals surface area contributed by atoms with E-state index < -0.39 is 0 Å². The molecule has 0 N–H and O–H groups in total. The SMILES string of the molecule is CCCCCCCc1c(C)nn(C(=O)c2cccs2)c1C. The van der Waals surface area contributed by atoms with Gasteiger partial charge >= 0.3 is 0 Å². The number of carbonyl (C=O) groups excluding carboxylic acids is 1. The molecule has 0 atom stereocenters. The van der Waals surface area contributed by atoms with Gasteiger partial charge in [-0.2, -0.15) is 9.78 Å². The van der Waals surface area contributed by atoms with Crippen molar-refractivity contribution in [3.8, 4) is 0 Å². The Labute approximate surface area is 131 Å². The predicted molar refractivity (Wildman–Crippen MR) is 88.2 cm³/mol. The molecule has 0 aliphatic heterocycles. The van der Waals surface area contributed by atoms with Crippen LogP contribution < -0.4 is 0 Å². The molecule has 0 spiro atoms. The number of aryl methyl sites for hydroxylation is 1. The van der Waals surface area contributed by atoms with Crippen molar-refractivity contribution < 1.29 is 4.79 Å². The lowest BCUT2D eigenvalue weighted by Gasteiger charge is -2.03. The third-order valence-corrected chi connectivity index (χ3v) is 4.75. The summed E-state index contributed by atoms with van der Waals surface area (Å²) in [5.74, 6) is -0.0113. The highest BCUT2D eigenvalue weighted by Crippen LogP contribution is 2.19. The second-order valence-electron chi connectivity index (χ2n) is 5.51. The van der Waals surface area contributed by atoms with Gasteiger partial charge in [-0.3, -0.25) is 4.79 Å². The molecular formula is C17H24N2OS.